The lowest BCUT2D eigenvalue weighted by molar-refractivity contribution is 0.194. The van der Waals surface area contributed by atoms with Gasteiger partial charge in [0.1, 0.15) is 17.3 Å². The van der Waals surface area contributed by atoms with Crippen LogP contribution < -0.4 is 0 Å². The predicted octanol–water partition coefficient (Wildman–Crippen LogP) is 4.72. The van der Waals surface area contributed by atoms with Crippen molar-refractivity contribution in [1.82, 2.24) is 0 Å². The Morgan fingerprint density at radius 2 is 1.70 bits per heavy atom. The van der Waals surface area contributed by atoms with Gasteiger partial charge < -0.3 is 10.2 Å². The second-order valence-electron chi connectivity index (χ2n) is 6.91. The van der Waals surface area contributed by atoms with Gasteiger partial charge in [-0.3, -0.25) is 0 Å². The number of phenols is 2. The molecular weight excluding hydrogens is 255 g/mol. The molecule has 110 valence electrons. The number of hydrogen-bond donors (Lipinski definition) is 2. The molecule has 0 saturated heterocycles. The van der Waals surface area contributed by atoms with Crippen molar-refractivity contribution in [2.24, 2.45) is 11.3 Å². The molecule has 0 spiro atoms. The number of aromatic hydroxyl groups is 2. The summed E-state index contributed by atoms with van der Waals surface area (Å²) in [5.41, 5.74) is 1.75. The van der Waals surface area contributed by atoms with E-state index in [4.69, 9.17) is 0 Å². The van der Waals surface area contributed by atoms with Gasteiger partial charge in [0.25, 0.3) is 0 Å². The first-order valence-corrected chi connectivity index (χ1v) is 7.09. The molecule has 2 N–H and O–H groups in total. The lowest BCUT2D eigenvalue weighted by atomic mass is 9.65. The van der Waals surface area contributed by atoms with Gasteiger partial charge in [-0.1, -0.05) is 32.4 Å². The van der Waals surface area contributed by atoms with Crippen LogP contribution >= 0.6 is 0 Å². The minimum atomic E-state index is -0.618. The van der Waals surface area contributed by atoms with Gasteiger partial charge in [-0.05, 0) is 31.1 Å². The van der Waals surface area contributed by atoms with Crippen molar-refractivity contribution in [1.29, 1.82) is 0 Å². The molecule has 0 heterocycles. The highest BCUT2D eigenvalue weighted by Crippen LogP contribution is 2.50. The van der Waals surface area contributed by atoms with Crippen molar-refractivity contribution in [3.05, 3.63) is 35.2 Å². The summed E-state index contributed by atoms with van der Waals surface area (Å²) >= 11 is 0. The summed E-state index contributed by atoms with van der Waals surface area (Å²) in [6.45, 7) is 8.55. The molecule has 2 nitrogen and oxygen atoms in total. The topological polar surface area (TPSA) is 40.5 Å². The number of allylic oxidation sites excluding steroid dienone is 2. The van der Waals surface area contributed by atoms with Gasteiger partial charge in [0.05, 0.1) is 0 Å². The molecule has 0 aliphatic heterocycles. The third-order valence-corrected chi connectivity index (χ3v) is 4.29. The highest BCUT2D eigenvalue weighted by molar-refractivity contribution is 5.49. The fourth-order valence-electron chi connectivity index (χ4n) is 3.26. The number of hydrogen-bond acceptors (Lipinski definition) is 2. The quantitative estimate of drug-likeness (QED) is 0.729. The van der Waals surface area contributed by atoms with Gasteiger partial charge in [0.2, 0.25) is 0 Å². The van der Waals surface area contributed by atoms with E-state index in [-0.39, 0.29) is 22.8 Å². The molecular formula is C17H23FO2. The van der Waals surface area contributed by atoms with Crippen molar-refractivity contribution in [2.45, 2.75) is 46.5 Å². The Bertz CT molecular complexity index is 517. The number of rotatable bonds is 1. The Morgan fingerprint density at radius 1 is 1.15 bits per heavy atom. The second-order valence-corrected chi connectivity index (χ2v) is 6.91. The fraction of sp³-hybridized carbons (Fsp3) is 0.529. The van der Waals surface area contributed by atoms with Gasteiger partial charge in [-0.25, -0.2) is 4.39 Å². The summed E-state index contributed by atoms with van der Waals surface area (Å²) in [5.74, 6) is -0.717. The molecule has 0 amide bonds. The van der Waals surface area contributed by atoms with Gasteiger partial charge in [0, 0.05) is 23.6 Å². The summed E-state index contributed by atoms with van der Waals surface area (Å²) in [6.07, 6.45) is 4.14. The molecule has 2 atom stereocenters. The van der Waals surface area contributed by atoms with E-state index in [0.29, 0.717) is 11.5 Å². The molecule has 0 radical (unpaired) electrons. The van der Waals surface area contributed by atoms with E-state index >= 15 is 0 Å². The van der Waals surface area contributed by atoms with Crippen LogP contribution in [0, 0.1) is 17.2 Å². The molecule has 0 fully saturated rings. The summed E-state index contributed by atoms with van der Waals surface area (Å²) in [4.78, 5) is 0. The van der Waals surface area contributed by atoms with Crippen molar-refractivity contribution in [3.8, 4) is 11.5 Å². The minimum absolute atomic E-state index is 0.0507. The van der Waals surface area contributed by atoms with E-state index in [1.54, 1.807) is 0 Å². The zero-order valence-electron chi connectivity index (χ0n) is 12.6. The van der Waals surface area contributed by atoms with Crippen LogP contribution in [0.1, 0.15) is 52.0 Å². The van der Waals surface area contributed by atoms with E-state index in [0.717, 1.165) is 25.0 Å². The number of benzene rings is 1. The number of halogens is 1. The van der Waals surface area contributed by atoms with Crippen LogP contribution in [0.2, 0.25) is 0 Å². The van der Waals surface area contributed by atoms with Crippen LogP contribution in [-0.2, 0) is 0 Å². The summed E-state index contributed by atoms with van der Waals surface area (Å²) < 4.78 is 13.2. The molecule has 1 aliphatic carbocycles. The molecule has 0 saturated carbocycles. The summed E-state index contributed by atoms with van der Waals surface area (Å²) in [7, 11) is 0. The third-order valence-electron chi connectivity index (χ3n) is 4.29. The van der Waals surface area contributed by atoms with E-state index in [1.807, 2.05) is 0 Å². The van der Waals surface area contributed by atoms with Crippen LogP contribution in [0.5, 0.6) is 11.5 Å². The average molecular weight is 278 g/mol. The maximum Gasteiger partial charge on any atom is 0.130 e. The first-order chi connectivity index (χ1) is 9.20. The van der Waals surface area contributed by atoms with E-state index in [1.165, 1.54) is 5.57 Å². The summed E-state index contributed by atoms with van der Waals surface area (Å²) in [5, 5.41) is 20.1. The van der Waals surface area contributed by atoms with Crippen LogP contribution in [-0.4, -0.2) is 10.2 Å². The van der Waals surface area contributed by atoms with Crippen molar-refractivity contribution < 1.29 is 14.6 Å². The molecule has 1 unspecified atom stereocenters. The van der Waals surface area contributed by atoms with E-state index in [2.05, 4.69) is 33.8 Å². The van der Waals surface area contributed by atoms with E-state index < -0.39 is 5.82 Å². The molecule has 2 rings (SSSR count). The highest BCUT2D eigenvalue weighted by atomic mass is 19.1. The van der Waals surface area contributed by atoms with Crippen LogP contribution in [0.25, 0.3) is 0 Å². The Balaban J connectivity index is 2.55. The van der Waals surface area contributed by atoms with Crippen molar-refractivity contribution in [2.75, 3.05) is 0 Å². The van der Waals surface area contributed by atoms with Gasteiger partial charge in [0.15, 0.2) is 0 Å². The number of phenolic OH excluding ortho intramolecular Hbond substituents is 2. The van der Waals surface area contributed by atoms with Crippen LogP contribution in [0.3, 0.4) is 0 Å². The fourth-order valence-corrected chi connectivity index (χ4v) is 3.26. The molecule has 20 heavy (non-hydrogen) atoms. The molecule has 1 aromatic rings. The smallest absolute Gasteiger partial charge is 0.130 e. The summed E-state index contributed by atoms with van der Waals surface area (Å²) in [6, 6.07) is 2.15. The molecule has 3 heteroatoms. The zero-order chi connectivity index (χ0) is 15.1. The minimum Gasteiger partial charge on any atom is -0.507 e. The Morgan fingerprint density at radius 3 is 2.20 bits per heavy atom. The molecule has 0 bridgehead atoms. The maximum atomic E-state index is 13.2. The lowest BCUT2D eigenvalue weighted by Crippen LogP contribution is -2.28. The monoisotopic (exact) mass is 278 g/mol. The SMILES string of the molecule is CC1=CC(c2c(O)cc(F)cc2O)[C@H](C(C)(C)C)CC1. The zero-order valence-corrected chi connectivity index (χ0v) is 12.6. The first kappa shape index (κ1) is 14.9. The molecule has 0 aromatic heterocycles. The standard InChI is InChI=1S/C17H23FO2/c1-10-5-6-13(17(2,3)4)12(7-10)16-14(19)8-11(18)9-15(16)20/h7-9,12-13,19-20H,5-6H2,1-4H3/t12?,13-/m1/s1. The van der Waals surface area contributed by atoms with Crippen LogP contribution in [0.15, 0.2) is 23.8 Å². The Labute approximate surface area is 120 Å². The first-order valence-electron chi connectivity index (χ1n) is 7.09. The van der Waals surface area contributed by atoms with Crippen LogP contribution in [0.4, 0.5) is 4.39 Å². The molecule has 1 aromatic carbocycles. The predicted molar refractivity (Wildman–Crippen MR) is 78.4 cm³/mol. The van der Waals surface area contributed by atoms with Gasteiger partial charge in [-0.15, -0.1) is 0 Å². The second kappa shape index (κ2) is 5.12. The Kier molecular flexibility index (Phi) is 3.81. The van der Waals surface area contributed by atoms with Gasteiger partial charge in [-0.2, -0.15) is 0 Å². The largest absolute Gasteiger partial charge is 0.507 e. The third kappa shape index (κ3) is 2.82. The van der Waals surface area contributed by atoms with E-state index in [9.17, 15) is 14.6 Å². The Hall–Kier alpha value is -1.51. The average Bonchev–Trinajstić information content (AvgIpc) is 2.25. The molecule has 1 aliphatic rings. The normalized spacial score (nSPS) is 23.6. The van der Waals surface area contributed by atoms with Crippen molar-refractivity contribution in [3.63, 3.8) is 0 Å². The maximum absolute atomic E-state index is 13.2. The highest BCUT2D eigenvalue weighted by Gasteiger charge is 2.36. The lowest BCUT2D eigenvalue weighted by Gasteiger charge is -2.39. The van der Waals surface area contributed by atoms with Gasteiger partial charge >= 0.3 is 0 Å². The van der Waals surface area contributed by atoms with Crippen molar-refractivity contribution >= 4 is 0 Å².